The lowest BCUT2D eigenvalue weighted by molar-refractivity contribution is -0.128. The van der Waals surface area contributed by atoms with Crippen LogP contribution in [0.25, 0.3) is 0 Å². The van der Waals surface area contributed by atoms with Crippen molar-refractivity contribution in [3.8, 4) is 5.75 Å². The number of methoxy groups -OCH3 is 1. The van der Waals surface area contributed by atoms with Crippen molar-refractivity contribution in [1.82, 2.24) is 10.2 Å². The molecule has 3 aliphatic rings. The second-order valence-corrected chi connectivity index (χ2v) is 9.56. The van der Waals surface area contributed by atoms with Crippen LogP contribution in [0.15, 0.2) is 46.8 Å². The summed E-state index contributed by atoms with van der Waals surface area (Å²) in [6, 6.07) is 7.80. The Hall–Kier alpha value is -2.56. The third kappa shape index (κ3) is 3.78. The Labute approximate surface area is 179 Å². The van der Waals surface area contributed by atoms with E-state index in [1.807, 2.05) is 36.1 Å². The zero-order chi connectivity index (χ0) is 21.5. The predicted octanol–water partition coefficient (Wildman–Crippen LogP) is 4.31. The lowest BCUT2D eigenvalue weighted by atomic mass is 9.68. The van der Waals surface area contributed by atoms with E-state index in [-0.39, 0.29) is 23.0 Å². The van der Waals surface area contributed by atoms with Gasteiger partial charge in [0.25, 0.3) is 5.91 Å². The molecule has 160 valence electrons. The molecular weight excluding hydrogens is 376 g/mol. The maximum atomic E-state index is 13.6. The number of nitrogens with one attached hydrogen (secondary N) is 1. The van der Waals surface area contributed by atoms with Gasteiger partial charge in [-0.15, -0.1) is 0 Å². The number of allylic oxidation sites excluding steroid dienone is 3. The Morgan fingerprint density at radius 3 is 2.40 bits per heavy atom. The highest BCUT2D eigenvalue weighted by Crippen LogP contribution is 2.47. The summed E-state index contributed by atoms with van der Waals surface area (Å²) in [7, 11) is 1.64. The molecular formula is C25H32N2O3. The number of hydrogen-bond acceptors (Lipinski definition) is 4. The van der Waals surface area contributed by atoms with Gasteiger partial charge in [-0.1, -0.05) is 26.0 Å². The SMILES string of the molecule is COc1ccc(C2C(C(=O)N3CCCCC3)=C(C)NC3=C2C(=O)CC(C)(C)C3)cc1. The lowest BCUT2D eigenvalue weighted by Gasteiger charge is -2.41. The molecule has 1 aliphatic carbocycles. The minimum Gasteiger partial charge on any atom is -0.497 e. The largest absolute Gasteiger partial charge is 0.497 e. The van der Waals surface area contributed by atoms with E-state index in [0.29, 0.717) is 12.0 Å². The van der Waals surface area contributed by atoms with Crippen LogP contribution in [0.2, 0.25) is 0 Å². The number of amides is 1. The molecule has 0 bridgehead atoms. The van der Waals surface area contributed by atoms with Crippen molar-refractivity contribution in [1.29, 1.82) is 0 Å². The molecule has 1 aromatic rings. The van der Waals surface area contributed by atoms with Gasteiger partial charge in [0.1, 0.15) is 5.75 Å². The highest BCUT2D eigenvalue weighted by Gasteiger charge is 2.43. The van der Waals surface area contributed by atoms with E-state index >= 15 is 0 Å². The summed E-state index contributed by atoms with van der Waals surface area (Å²) in [5, 5.41) is 3.46. The fourth-order valence-corrected chi connectivity index (χ4v) is 5.12. The summed E-state index contributed by atoms with van der Waals surface area (Å²) >= 11 is 0. The van der Waals surface area contributed by atoms with Gasteiger partial charge in [-0.2, -0.15) is 0 Å². The molecule has 1 aromatic carbocycles. The summed E-state index contributed by atoms with van der Waals surface area (Å²) in [6.07, 6.45) is 4.57. The van der Waals surface area contributed by atoms with E-state index in [9.17, 15) is 9.59 Å². The Bertz CT molecular complexity index is 918. The number of hydrogen-bond donors (Lipinski definition) is 1. The van der Waals surface area contributed by atoms with Crippen molar-refractivity contribution in [3.05, 3.63) is 52.4 Å². The van der Waals surface area contributed by atoms with Crippen molar-refractivity contribution in [3.63, 3.8) is 0 Å². The smallest absolute Gasteiger partial charge is 0.252 e. The fraction of sp³-hybridized carbons (Fsp3) is 0.520. The quantitative estimate of drug-likeness (QED) is 0.810. The van der Waals surface area contributed by atoms with Crippen LogP contribution in [0.3, 0.4) is 0 Å². The Morgan fingerprint density at radius 1 is 1.10 bits per heavy atom. The van der Waals surface area contributed by atoms with Crippen molar-refractivity contribution < 1.29 is 14.3 Å². The molecule has 1 atom stereocenters. The maximum absolute atomic E-state index is 13.6. The molecule has 2 aliphatic heterocycles. The molecule has 1 saturated heterocycles. The molecule has 0 spiro atoms. The third-order valence-corrected chi connectivity index (χ3v) is 6.56. The van der Waals surface area contributed by atoms with Crippen molar-refractivity contribution in [2.24, 2.45) is 5.41 Å². The van der Waals surface area contributed by atoms with Crippen LogP contribution in [0.1, 0.15) is 64.4 Å². The van der Waals surface area contributed by atoms with E-state index in [2.05, 4.69) is 19.2 Å². The zero-order valence-electron chi connectivity index (χ0n) is 18.5. The van der Waals surface area contributed by atoms with Gasteiger partial charge in [0.2, 0.25) is 0 Å². The average Bonchev–Trinajstić information content (AvgIpc) is 2.72. The van der Waals surface area contributed by atoms with E-state index in [1.54, 1.807) is 7.11 Å². The number of dihydropyridines is 1. The zero-order valence-corrected chi connectivity index (χ0v) is 18.5. The summed E-state index contributed by atoms with van der Waals surface area (Å²) in [4.78, 5) is 28.9. The summed E-state index contributed by atoms with van der Waals surface area (Å²) < 4.78 is 5.32. The van der Waals surface area contributed by atoms with Gasteiger partial charge in [0.05, 0.1) is 7.11 Å². The summed E-state index contributed by atoms with van der Waals surface area (Å²) in [5.41, 5.74) is 4.22. The maximum Gasteiger partial charge on any atom is 0.252 e. The van der Waals surface area contributed by atoms with E-state index in [4.69, 9.17) is 4.74 Å². The second-order valence-electron chi connectivity index (χ2n) is 9.56. The average molecular weight is 409 g/mol. The van der Waals surface area contributed by atoms with Crippen LogP contribution in [0.5, 0.6) is 5.75 Å². The number of ketones is 1. The Balaban J connectivity index is 1.81. The molecule has 0 radical (unpaired) electrons. The molecule has 1 fully saturated rings. The first-order chi connectivity index (χ1) is 14.3. The molecule has 5 heteroatoms. The van der Waals surface area contributed by atoms with E-state index < -0.39 is 0 Å². The number of benzene rings is 1. The second kappa shape index (κ2) is 7.93. The normalized spacial score (nSPS) is 23.8. The monoisotopic (exact) mass is 408 g/mol. The molecule has 4 rings (SSSR count). The topological polar surface area (TPSA) is 58.6 Å². The van der Waals surface area contributed by atoms with Gasteiger partial charge >= 0.3 is 0 Å². The molecule has 1 N–H and O–H groups in total. The number of piperidine rings is 1. The van der Waals surface area contributed by atoms with E-state index in [0.717, 1.165) is 60.6 Å². The van der Waals surface area contributed by atoms with Crippen LogP contribution >= 0.6 is 0 Å². The number of Topliss-reactive ketones (excluding diaryl/α,β-unsaturated/α-hetero) is 1. The molecule has 1 amide bonds. The number of ether oxygens (including phenoxy) is 1. The number of carbonyl (C=O) groups excluding carboxylic acids is 2. The highest BCUT2D eigenvalue weighted by atomic mass is 16.5. The third-order valence-electron chi connectivity index (χ3n) is 6.56. The first-order valence-electron chi connectivity index (χ1n) is 11.0. The van der Waals surface area contributed by atoms with Gasteiger partial charge < -0.3 is 15.0 Å². The molecule has 0 saturated carbocycles. The molecule has 2 heterocycles. The standard InChI is InChI=1S/C25H32N2O3/c1-16-21(24(29)27-12-6-5-7-13-27)22(17-8-10-18(30-4)11-9-17)23-19(26-16)14-25(2,3)15-20(23)28/h8-11,22,26H,5-7,12-15H2,1-4H3. The minimum atomic E-state index is -0.329. The van der Waals surface area contributed by atoms with Gasteiger partial charge in [-0.3, -0.25) is 9.59 Å². The first kappa shape index (κ1) is 20.7. The summed E-state index contributed by atoms with van der Waals surface area (Å²) in [5.74, 6) is 0.642. The van der Waals surface area contributed by atoms with Crippen LogP contribution in [0.4, 0.5) is 0 Å². The molecule has 5 nitrogen and oxygen atoms in total. The highest BCUT2D eigenvalue weighted by molar-refractivity contribution is 6.05. The van der Waals surface area contributed by atoms with Crippen molar-refractivity contribution in [2.75, 3.05) is 20.2 Å². The number of nitrogens with zero attached hydrogens (tertiary/aromatic N) is 1. The number of rotatable bonds is 3. The van der Waals surface area contributed by atoms with Crippen LogP contribution < -0.4 is 10.1 Å². The van der Waals surface area contributed by atoms with Gasteiger partial charge in [-0.05, 0) is 55.7 Å². The van der Waals surface area contributed by atoms with Crippen LogP contribution in [-0.2, 0) is 9.59 Å². The lowest BCUT2D eigenvalue weighted by Crippen LogP contribution is -2.43. The first-order valence-corrected chi connectivity index (χ1v) is 11.0. The van der Waals surface area contributed by atoms with Crippen LogP contribution in [-0.4, -0.2) is 36.8 Å². The van der Waals surface area contributed by atoms with Gasteiger partial charge in [0, 0.05) is 48.0 Å². The molecule has 30 heavy (non-hydrogen) atoms. The molecule has 0 aromatic heterocycles. The van der Waals surface area contributed by atoms with E-state index in [1.165, 1.54) is 6.42 Å². The number of carbonyl (C=O) groups is 2. The Kier molecular flexibility index (Phi) is 5.48. The van der Waals surface area contributed by atoms with Gasteiger partial charge in [0.15, 0.2) is 5.78 Å². The van der Waals surface area contributed by atoms with Crippen molar-refractivity contribution in [2.45, 2.75) is 58.8 Å². The summed E-state index contributed by atoms with van der Waals surface area (Å²) in [6.45, 7) is 7.82. The Morgan fingerprint density at radius 2 is 1.77 bits per heavy atom. The predicted molar refractivity (Wildman–Crippen MR) is 117 cm³/mol. The fourth-order valence-electron chi connectivity index (χ4n) is 5.12. The minimum absolute atomic E-state index is 0.0599. The van der Waals surface area contributed by atoms with Gasteiger partial charge in [-0.25, -0.2) is 0 Å². The molecule has 1 unspecified atom stereocenters. The number of likely N-dealkylation sites (tertiary alicyclic amines) is 1. The van der Waals surface area contributed by atoms with Crippen LogP contribution in [0, 0.1) is 5.41 Å². The van der Waals surface area contributed by atoms with Crippen molar-refractivity contribution >= 4 is 11.7 Å².